The summed E-state index contributed by atoms with van der Waals surface area (Å²) in [7, 11) is 0. The van der Waals surface area contributed by atoms with Crippen LogP contribution in [0.5, 0.6) is 0 Å². The molecule has 1 aromatic heterocycles. The summed E-state index contributed by atoms with van der Waals surface area (Å²) in [5.41, 5.74) is 1.16. The summed E-state index contributed by atoms with van der Waals surface area (Å²) in [6, 6.07) is 21.4. The molecule has 0 fully saturated rings. The van der Waals surface area contributed by atoms with Crippen LogP contribution in [0.4, 0.5) is 4.39 Å². The van der Waals surface area contributed by atoms with E-state index < -0.39 is 5.60 Å². The van der Waals surface area contributed by atoms with E-state index in [1.807, 2.05) is 48.5 Å². The highest BCUT2D eigenvalue weighted by atomic mass is 19.1. The third kappa shape index (κ3) is 3.15. The van der Waals surface area contributed by atoms with Crippen LogP contribution in [0, 0.1) is 5.82 Å². The smallest absolute Gasteiger partial charge is 0.123 e. The molecule has 3 rings (SSSR count). The Morgan fingerprint density at radius 2 is 1.57 bits per heavy atom. The molecular weight excluding hydrogens is 289 g/mol. The van der Waals surface area contributed by atoms with Crippen LogP contribution in [0.25, 0.3) is 0 Å². The van der Waals surface area contributed by atoms with Crippen molar-refractivity contribution in [1.29, 1.82) is 0 Å². The predicted molar refractivity (Wildman–Crippen MR) is 88.5 cm³/mol. The van der Waals surface area contributed by atoms with Gasteiger partial charge in [0.05, 0.1) is 17.2 Å². The summed E-state index contributed by atoms with van der Waals surface area (Å²) in [4.78, 5) is 4.43. The average Bonchev–Trinajstić information content (AvgIpc) is 2.57. The zero-order valence-electron chi connectivity index (χ0n) is 12.9. The van der Waals surface area contributed by atoms with Gasteiger partial charge in [-0.25, -0.2) is 4.39 Å². The SMILES string of the molecule is C[C@](O)(c1ccc(F)cc1)[C@@H](c1ccccc1)c1ccccn1. The van der Waals surface area contributed by atoms with E-state index in [1.54, 1.807) is 25.3 Å². The Hall–Kier alpha value is -2.52. The van der Waals surface area contributed by atoms with Crippen LogP contribution in [0.15, 0.2) is 79.0 Å². The number of aliphatic hydroxyl groups is 1. The first-order valence-corrected chi connectivity index (χ1v) is 7.53. The summed E-state index contributed by atoms with van der Waals surface area (Å²) in [6.07, 6.45) is 1.71. The van der Waals surface area contributed by atoms with Crippen molar-refractivity contribution in [2.45, 2.75) is 18.4 Å². The zero-order chi connectivity index (χ0) is 16.3. The molecule has 0 aliphatic carbocycles. The maximum Gasteiger partial charge on any atom is 0.123 e. The summed E-state index contributed by atoms with van der Waals surface area (Å²) in [6.45, 7) is 1.74. The Balaban J connectivity index is 2.13. The van der Waals surface area contributed by atoms with E-state index in [9.17, 15) is 9.50 Å². The van der Waals surface area contributed by atoms with Crippen LogP contribution in [-0.4, -0.2) is 10.1 Å². The number of pyridine rings is 1. The second-order valence-electron chi connectivity index (χ2n) is 5.75. The number of hydrogen-bond acceptors (Lipinski definition) is 2. The molecule has 3 aromatic rings. The van der Waals surface area contributed by atoms with Crippen LogP contribution in [0.2, 0.25) is 0 Å². The van der Waals surface area contributed by atoms with Gasteiger partial charge in [0.15, 0.2) is 0 Å². The second-order valence-corrected chi connectivity index (χ2v) is 5.75. The minimum absolute atomic E-state index is 0.321. The van der Waals surface area contributed by atoms with Gasteiger partial charge >= 0.3 is 0 Å². The van der Waals surface area contributed by atoms with E-state index in [1.165, 1.54) is 12.1 Å². The molecule has 0 spiro atoms. The highest BCUT2D eigenvalue weighted by molar-refractivity contribution is 5.37. The highest BCUT2D eigenvalue weighted by Crippen LogP contribution is 2.40. The van der Waals surface area contributed by atoms with Gasteiger partial charge in [0.25, 0.3) is 0 Å². The molecule has 2 nitrogen and oxygen atoms in total. The van der Waals surface area contributed by atoms with Gasteiger partial charge in [-0.2, -0.15) is 0 Å². The van der Waals surface area contributed by atoms with Gasteiger partial charge in [0, 0.05) is 6.20 Å². The molecule has 23 heavy (non-hydrogen) atoms. The fourth-order valence-electron chi connectivity index (χ4n) is 2.93. The van der Waals surface area contributed by atoms with Crippen molar-refractivity contribution < 1.29 is 9.50 Å². The number of hydrogen-bond donors (Lipinski definition) is 1. The van der Waals surface area contributed by atoms with Crippen molar-refractivity contribution in [3.63, 3.8) is 0 Å². The van der Waals surface area contributed by atoms with Crippen molar-refractivity contribution >= 4 is 0 Å². The molecule has 0 bridgehead atoms. The van der Waals surface area contributed by atoms with Gasteiger partial charge in [0.1, 0.15) is 5.82 Å². The van der Waals surface area contributed by atoms with Crippen molar-refractivity contribution in [1.82, 2.24) is 4.98 Å². The lowest BCUT2D eigenvalue weighted by atomic mass is 9.76. The van der Waals surface area contributed by atoms with Gasteiger partial charge in [-0.1, -0.05) is 48.5 Å². The van der Waals surface area contributed by atoms with E-state index >= 15 is 0 Å². The maximum absolute atomic E-state index is 13.2. The number of nitrogens with zero attached hydrogens (tertiary/aromatic N) is 1. The fourth-order valence-corrected chi connectivity index (χ4v) is 2.93. The molecule has 0 radical (unpaired) electrons. The maximum atomic E-state index is 13.2. The van der Waals surface area contributed by atoms with Crippen LogP contribution >= 0.6 is 0 Å². The molecule has 2 atom stereocenters. The minimum atomic E-state index is -1.22. The van der Waals surface area contributed by atoms with Crippen LogP contribution < -0.4 is 0 Å². The average molecular weight is 307 g/mol. The molecule has 1 heterocycles. The molecule has 0 saturated carbocycles. The van der Waals surface area contributed by atoms with Crippen molar-refractivity contribution in [3.8, 4) is 0 Å². The Morgan fingerprint density at radius 1 is 0.913 bits per heavy atom. The number of halogens is 1. The first-order valence-electron chi connectivity index (χ1n) is 7.53. The molecule has 1 N–H and O–H groups in total. The minimum Gasteiger partial charge on any atom is -0.384 e. The quantitative estimate of drug-likeness (QED) is 0.781. The monoisotopic (exact) mass is 307 g/mol. The van der Waals surface area contributed by atoms with Crippen LogP contribution in [-0.2, 0) is 5.60 Å². The molecule has 0 aliphatic rings. The summed E-state index contributed by atoms with van der Waals surface area (Å²) >= 11 is 0. The van der Waals surface area contributed by atoms with Crippen LogP contribution in [0.3, 0.4) is 0 Å². The van der Waals surface area contributed by atoms with Gasteiger partial charge in [-0.15, -0.1) is 0 Å². The van der Waals surface area contributed by atoms with Gasteiger partial charge in [-0.05, 0) is 42.3 Å². The van der Waals surface area contributed by atoms with E-state index in [2.05, 4.69) is 4.98 Å². The van der Waals surface area contributed by atoms with E-state index in [4.69, 9.17) is 0 Å². The first-order chi connectivity index (χ1) is 11.1. The second kappa shape index (κ2) is 6.31. The van der Waals surface area contributed by atoms with E-state index in [0.29, 0.717) is 5.56 Å². The molecule has 3 heteroatoms. The van der Waals surface area contributed by atoms with E-state index in [0.717, 1.165) is 11.3 Å². The van der Waals surface area contributed by atoms with Gasteiger partial charge < -0.3 is 5.11 Å². The lowest BCUT2D eigenvalue weighted by molar-refractivity contribution is 0.0380. The van der Waals surface area contributed by atoms with Crippen LogP contribution in [0.1, 0.15) is 29.7 Å². The van der Waals surface area contributed by atoms with Gasteiger partial charge in [0.2, 0.25) is 0 Å². The number of aromatic nitrogens is 1. The summed E-state index contributed by atoms with van der Waals surface area (Å²) in [5.74, 6) is -0.672. The number of benzene rings is 2. The molecular formula is C20H18FNO. The number of rotatable bonds is 4. The normalized spacial score (nSPS) is 14.9. The third-order valence-electron chi connectivity index (χ3n) is 4.11. The summed E-state index contributed by atoms with van der Waals surface area (Å²) in [5, 5.41) is 11.3. The Bertz CT molecular complexity index is 715. The standard InChI is InChI=1S/C20H18FNO/c1-20(23,16-10-12-17(21)13-11-16)19(15-7-3-2-4-8-15)18-9-5-6-14-22-18/h2-14,19,23H,1H3/t19-,20-/m0/s1. The van der Waals surface area contributed by atoms with Crippen molar-refractivity contribution in [2.24, 2.45) is 0 Å². The molecule has 0 saturated heterocycles. The van der Waals surface area contributed by atoms with E-state index in [-0.39, 0.29) is 11.7 Å². The van der Waals surface area contributed by atoms with Crippen molar-refractivity contribution in [2.75, 3.05) is 0 Å². The molecule has 0 aliphatic heterocycles. The Kier molecular flexibility index (Phi) is 4.22. The summed E-state index contributed by atoms with van der Waals surface area (Å²) < 4.78 is 13.2. The highest BCUT2D eigenvalue weighted by Gasteiger charge is 2.36. The topological polar surface area (TPSA) is 33.1 Å². The molecule has 116 valence electrons. The predicted octanol–water partition coefficient (Wildman–Crippen LogP) is 4.26. The first kappa shape index (κ1) is 15.4. The molecule has 2 aromatic carbocycles. The fraction of sp³-hybridized carbons (Fsp3) is 0.150. The Labute approximate surface area is 135 Å². The lowest BCUT2D eigenvalue weighted by Gasteiger charge is -2.33. The van der Waals surface area contributed by atoms with Gasteiger partial charge in [-0.3, -0.25) is 4.98 Å². The zero-order valence-corrected chi connectivity index (χ0v) is 12.9. The largest absolute Gasteiger partial charge is 0.384 e. The molecule has 0 unspecified atom stereocenters. The van der Waals surface area contributed by atoms with Crippen molar-refractivity contribution in [3.05, 3.63) is 102 Å². The third-order valence-corrected chi connectivity index (χ3v) is 4.11. The molecule has 0 amide bonds. The lowest BCUT2D eigenvalue weighted by Crippen LogP contribution is -2.31. The Morgan fingerprint density at radius 3 is 2.17 bits per heavy atom.